The molecule has 1 aliphatic carbocycles. The lowest BCUT2D eigenvalue weighted by Crippen LogP contribution is -2.40. The fourth-order valence-electron chi connectivity index (χ4n) is 2.97. The van der Waals surface area contributed by atoms with E-state index in [0.29, 0.717) is 11.2 Å². The second-order valence-electron chi connectivity index (χ2n) is 8.11. The highest BCUT2D eigenvalue weighted by Gasteiger charge is 2.39. The molecule has 1 fully saturated rings. The summed E-state index contributed by atoms with van der Waals surface area (Å²) in [6, 6.07) is 6.85. The lowest BCUT2D eigenvalue weighted by molar-refractivity contribution is -0.274. The number of anilines is 1. The molecule has 164 valence electrons. The standard InChI is InChI=1S/C20H20F3N5O3/c1-19(2,3)31-18(29)27(13-7-8-13)17-26-16(25-15-9-10-24-28(15)17)12-5-4-6-14(11-12)30-20(21,22)23/h4-6,9-11,13H,7-8H2,1-3H3. The minimum Gasteiger partial charge on any atom is -0.443 e. The van der Waals surface area contributed by atoms with Gasteiger partial charge in [-0.05, 0) is 45.7 Å². The fourth-order valence-corrected chi connectivity index (χ4v) is 2.97. The average molecular weight is 435 g/mol. The molecule has 0 N–H and O–H groups in total. The number of alkyl halides is 3. The first kappa shape index (κ1) is 20.9. The van der Waals surface area contributed by atoms with Gasteiger partial charge in [0.1, 0.15) is 11.4 Å². The van der Waals surface area contributed by atoms with Crippen LogP contribution < -0.4 is 9.64 Å². The molecule has 0 radical (unpaired) electrons. The molecule has 4 rings (SSSR count). The summed E-state index contributed by atoms with van der Waals surface area (Å²) in [6.07, 6.45) is -2.35. The first-order valence-corrected chi connectivity index (χ1v) is 9.60. The largest absolute Gasteiger partial charge is 0.573 e. The van der Waals surface area contributed by atoms with E-state index in [1.54, 1.807) is 32.9 Å². The number of halogens is 3. The van der Waals surface area contributed by atoms with Crippen LogP contribution in [0, 0.1) is 0 Å². The Bertz CT molecular complexity index is 1120. The van der Waals surface area contributed by atoms with Gasteiger partial charge >= 0.3 is 12.5 Å². The van der Waals surface area contributed by atoms with Crippen molar-refractivity contribution in [3.8, 4) is 17.1 Å². The van der Waals surface area contributed by atoms with Crippen LogP contribution in [0.15, 0.2) is 36.5 Å². The quantitative estimate of drug-likeness (QED) is 0.596. The van der Waals surface area contributed by atoms with Crippen LogP contribution in [0.5, 0.6) is 5.75 Å². The minimum atomic E-state index is -4.82. The van der Waals surface area contributed by atoms with Crippen molar-refractivity contribution in [2.24, 2.45) is 0 Å². The van der Waals surface area contributed by atoms with E-state index in [0.717, 1.165) is 12.8 Å². The Morgan fingerprint density at radius 3 is 2.55 bits per heavy atom. The molecule has 0 unspecified atom stereocenters. The third-order valence-electron chi connectivity index (χ3n) is 4.28. The van der Waals surface area contributed by atoms with Crippen LogP contribution in [-0.4, -0.2) is 43.7 Å². The Labute approximate surface area is 175 Å². The predicted molar refractivity (Wildman–Crippen MR) is 105 cm³/mol. The molecule has 11 heteroatoms. The number of fused-ring (bicyclic) bond motifs is 1. The van der Waals surface area contributed by atoms with Crippen molar-refractivity contribution in [1.82, 2.24) is 19.6 Å². The fraction of sp³-hybridized carbons (Fsp3) is 0.400. The first-order chi connectivity index (χ1) is 14.5. The molecule has 1 aromatic carbocycles. The van der Waals surface area contributed by atoms with Gasteiger partial charge < -0.3 is 9.47 Å². The molecule has 8 nitrogen and oxygen atoms in total. The maximum absolute atomic E-state index is 12.9. The summed E-state index contributed by atoms with van der Waals surface area (Å²) in [7, 11) is 0. The van der Waals surface area contributed by atoms with Gasteiger partial charge in [0.25, 0.3) is 0 Å². The monoisotopic (exact) mass is 435 g/mol. The van der Waals surface area contributed by atoms with Crippen molar-refractivity contribution >= 4 is 17.7 Å². The molecule has 0 atom stereocenters. The summed E-state index contributed by atoms with van der Waals surface area (Å²) < 4.78 is 48.8. The van der Waals surface area contributed by atoms with Gasteiger partial charge in [-0.25, -0.2) is 14.7 Å². The van der Waals surface area contributed by atoms with Crippen LogP contribution >= 0.6 is 0 Å². The Morgan fingerprint density at radius 1 is 1.16 bits per heavy atom. The van der Waals surface area contributed by atoms with Gasteiger partial charge in [-0.1, -0.05) is 12.1 Å². The van der Waals surface area contributed by atoms with Gasteiger partial charge in [0.2, 0.25) is 5.95 Å². The number of ether oxygens (including phenoxy) is 2. The van der Waals surface area contributed by atoms with Gasteiger partial charge in [0.05, 0.1) is 6.20 Å². The zero-order valence-corrected chi connectivity index (χ0v) is 17.1. The van der Waals surface area contributed by atoms with Crippen molar-refractivity contribution in [1.29, 1.82) is 0 Å². The highest BCUT2D eigenvalue weighted by molar-refractivity contribution is 5.87. The predicted octanol–water partition coefficient (Wildman–Crippen LogP) is 4.59. The van der Waals surface area contributed by atoms with Crippen LogP contribution in [-0.2, 0) is 4.74 Å². The van der Waals surface area contributed by atoms with Crippen LogP contribution in [0.25, 0.3) is 17.0 Å². The molecule has 1 aliphatic rings. The number of carbonyl (C=O) groups is 1. The van der Waals surface area contributed by atoms with E-state index >= 15 is 0 Å². The minimum absolute atomic E-state index is 0.107. The average Bonchev–Trinajstić information content (AvgIpc) is 3.34. The van der Waals surface area contributed by atoms with E-state index in [1.807, 2.05) is 0 Å². The third-order valence-corrected chi connectivity index (χ3v) is 4.28. The molecule has 1 amide bonds. The topological polar surface area (TPSA) is 81.8 Å². The van der Waals surface area contributed by atoms with E-state index in [-0.39, 0.29) is 17.8 Å². The van der Waals surface area contributed by atoms with Gasteiger partial charge in [-0.3, -0.25) is 0 Å². The molecule has 2 heterocycles. The molecule has 31 heavy (non-hydrogen) atoms. The summed E-state index contributed by atoms with van der Waals surface area (Å²) in [5, 5.41) is 4.20. The SMILES string of the molecule is CC(C)(C)OC(=O)N(c1nc(-c2cccc(OC(F)(F)F)c2)nc2ccnn12)C1CC1. The lowest BCUT2D eigenvalue weighted by atomic mass is 10.2. The number of nitrogens with zero attached hydrogens (tertiary/aromatic N) is 5. The molecule has 0 spiro atoms. The Balaban J connectivity index is 1.78. The second-order valence-corrected chi connectivity index (χ2v) is 8.11. The van der Waals surface area contributed by atoms with Crippen molar-refractivity contribution in [2.45, 2.75) is 51.6 Å². The zero-order chi connectivity index (χ0) is 22.4. The van der Waals surface area contributed by atoms with Gasteiger partial charge in [0.15, 0.2) is 11.5 Å². The first-order valence-electron chi connectivity index (χ1n) is 9.60. The zero-order valence-electron chi connectivity index (χ0n) is 17.1. The number of rotatable bonds is 4. The lowest BCUT2D eigenvalue weighted by Gasteiger charge is -2.27. The maximum atomic E-state index is 12.9. The van der Waals surface area contributed by atoms with Crippen LogP contribution in [0.2, 0.25) is 0 Å². The molecule has 0 saturated heterocycles. The van der Waals surface area contributed by atoms with Gasteiger partial charge in [-0.15, -0.1) is 13.2 Å². The molecule has 2 aromatic heterocycles. The molecular weight excluding hydrogens is 415 g/mol. The van der Waals surface area contributed by atoms with Gasteiger partial charge in [-0.2, -0.15) is 14.6 Å². The van der Waals surface area contributed by atoms with Crippen LogP contribution in [0.1, 0.15) is 33.6 Å². The Hall–Kier alpha value is -3.37. The number of hydrogen-bond acceptors (Lipinski definition) is 6. The summed E-state index contributed by atoms with van der Waals surface area (Å²) >= 11 is 0. The summed E-state index contributed by atoms with van der Waals surface area (Å²) in [4.78, 5) is 23.2. The molecule has 0 aliphatic heterocycles. The van der Waals surface area contributed by atoms with Crippen molar-refractivity contribution < 1.29 is 27.4 Å². The van der Waals surface area contributed by atoms with Gasteiger partial charge in [0, 0.05) is 17.7 Å². The van der Waals surface area contributed by atoms with Crippen molar-refractivity contribution in [2.75, 3.05) is 4.90 Å². The van der Waals surface area contributed by atoms with Crippen molar-refractivity contribution in [3.05, 3.63) is 36.5 Å². The number of hydrogen-bond donors (Lipinski definition) is 0. The normalized spacial score (nSPS) is 14.5. The Kier molecular flexibility index (Phi) is 4.98. The van der Waals surface area contributed by atoms with E-state index in [2.05, 4.69) is 19.8 Å². The van der Waals surface area contributed by atoms with Crippen molar-refractivity contribution in [3.63, 3.8) is 0 Å². The number of benzene rings is 1. The molecule has 1 saturated carbocycles. The van der Waals surface area contributed by atoms with E-state index in [1.165, 1.54) is 33.8 Å². The summed E-state index contributed by atoms with van der Waals surface area (Å²) in [6.45, 7) is 5.28. The molecule has 0 bridgehead atoms. The smallest absolute Gasteiger partial charge is 0.443 e. The molecular formula is C20H20F3N5O3. The third kappa shape index (κ3) is 4.86. The number of aromatic nitrogens is 4. The highest BCUT2D eigenvalue weighted by Crippen LogP contribution is 2.34. The van der Waals surface area contributed by atoms with E-state index in [4.69, 9.17) is 4.74 Å². The van der Waals surface area contributed by atoms with Crippen LogP contribution in [0.3, 0.4) is 0 Å². The van der Waals surface area contributed by atoms with Crippen LogP contribution in [0.4, 0.5) is 23.9 Å². The Morgan fingerprint density at radius 2 is 1.90 bits per heavy atom. The number of carbonyl (C=O) groups excluding carboxylic acids is 1. The highest BCUT2D eigenvalue weighted by atomic mass is 19.4. The summed E-state index contributed by atoms with van der Waals surface area (Å²) in [5.74, 6) is -0.0801. The second kappa shape index (κ2) is 7.40. The maximum Gasteiger partial charge on any atom is 0.573 e. The summed E-state index contributed by atoms with van der Waals surface area (Å²) in [5.41, 5.74) is -0.0324. The molecule has 3 aromatic rings. The number of amides is 1. The van der Waals surface area contributed by atoms with E-state index < -0.39 is 23.8 Å². The van der Waals surface area contributed by atoms with E-state index in [9.17, 15) is 18.0 Å².